The van der Waals surface area contributed by atoms with Crippen LogP contribution in [0.5, 0.6) is 11.8 Å². The van der Waals surface area contributed by atoms with Crippen LogP contribution in [0.2, 0.25) is 5.28 Å². The summed E-state index contributed by atoms with van der Waals surface area (Å²) in [4.78, 5) is 25.2. The van der Waals surface area contributed by atoms with Gasteiger partial charge in [0.2, 0.25) is 11.2 Å². The van der Waals surface area contributed by atoms with Crippen LogP contribution in [-0.2, 0) is 15.6 Å². The van der Waals surface area contributed by atoms with Crippen molar-refractivity contribution in [3.8, 4) is 11.8 Å². The minimum absolute atomic E-state index is 0.0144. The zero-order chi connectivity index (χ0) is 31.4. The van der Waals surface area contributed by atoms with E-state index < -0.39 is 10.2 Å². The lowest BCUT2D eigenvalue weighted by Crippen LogP contribution is -2.49. The van der Waals surface area contributed by atoms with E-state index in [2.05, 4.69) is 47.2 Å². The van der Waals surface area contributed by atoms with Gasteiger partial charge < -0.3 is 20.1 Å². The standard InChI is InChI=1S/C30H40ClN7O5S/c1-3-4-20-43-29-36-27(31)35-28(37-29)32-18-19-34-44(40,41)38-23-14-16-30(17-15-23,22-10-6-5-7-11-22)21-33-26(39)24-12-8-9-13-25(24)42-2/h5-13,23,34,38H,3-4,14-21H2,1-2H3,(H,33,39)(H,32,35,36,37). The molecule has 0 saturated heterocycles. The molecule has 1 fully saturated rings. The Labute approximate surface area is 263 Å². The van der Waals surface area contributed by atoms with E-state index in [0.29, 0.717) is 50.1 Å². The minimum atomic E-state index is -3.77. The Balaban J connectivity index is 1.29. The number of carbonyl (C=O) groups is 1. The van der Waals surface area contributed by atoms with Crippen molar-refractivity contribution in [3.05, 3.63) is 71.0 Å². The highest BCUT2D eigenvalue weighted by Gasteiger charge is 2.38. The summed E-state index contributed by atoms with van der Waals surface area (Å²) >= 11 is 5.96. The molecular formula is C30H40ClN7O5S. The molecule has 0 unspecified atom stereocenters. The van der Waals surface area contributed by atoms with Gasteiger partial charge >= 0.3 is 6.01 Å². The summed E-state index contributed by atoms with van der Waals surface area (Å²) in [5, 5.41) is 6.03. The maximum atomic E-state index is 13.1. The van der Waals surface area contributed by atoms with Gasteiger partial charge in [0.05, 0.1) is 19.3 Å². The molecule has 1 heterocycles. The van der Waals surface area contributed by atoms with E-state index in [0.717, 1.165) is 18.4 Å². The minimum Gasteiger partial charge on any atom is -0.496 e. The number of ether oxygens (including phenoxy) is 2. The number of unbranched alkanes of at least 4 members (excludes halogenated alkanes) is 1. The second-order valence-electron chi connectivity index (χ2n) is 10.7. The number of para-hydroxylation sites is 1. The van der Waals surface area contributed by atoms with Crippen LogP contribution in [0.15, 0.2) is 54.6 Å². The fraction of sp³-hybridized carbons (Fsp3) is 0.467. The number of methoxy groups -OCH3 is 1. The van der Waals surface area contributed by atoms with Crippen LogP contribution in [0.4, 0.5) is 5.95 Å². The molecule has 0 radical (unpaired) electrons. The first-order chi connectivity index (χ1) is 21.2. The van der Waals surface area contributed by atoms with Crippen LogP contribution in [0.25, 0.3) is 0 Å². The van der Waals surface area contributed by atoms with Gasteiger partial charge in [0.15, 0.2) is 0 Å². The van der Waals surface area contributed by atoms with E-state index >= 15 is 0 Å². The molecule has 0 bridgehead atoms. The van der Waals surface area contributed by atoms with Gasteiger partial charge in [-0.2, -0.15) is 28.1 Å². The third-order valence-electron chi connectivity index (χ3n) is 7.61. The molecule has 2 aromatic carbocycles. The Morgan fingerprint density at radius 1 is 1.02 bits per heavy atom. The number of amides is 1. The van der Waals surface area contributed by atoms with Gasteiger partial charge in [-0.1, -0.05) is 55.8 Å². The van der Waals surface area contributed by atoms with Crippen LogP contribution in [0.1, 0.15) is 61.4 Å². The highest BCUT2D eigenvalue weighted by molar-refractivity contribution is 7.87. The SMILES string of the molecule is CCCCOc1nc(Cl)nc(NCCNS(=O)(=O)NC2CCC(CNC(=O)c3ccccc3OC)(c3ccccc3)CC2)n1. The molecule has 0 aliphatic heterocycles. The average molecular weight is 646 g/mol. The second kappa shape index (κ2) is 16.0. The van der Waals surface area contributed by atoms with Gasteiger partial charge in [0.1, 0.15) is 5.75 Å². The summed E-state index contributed by atoms with van der Waals surface area (Å²) < 4.78 is 41.8. The van der Waals surface area contributed by atoms with Crippen LogP contribution < -0.4 is 29.6 Å². The van der Waals surface area contributed by atoms with Gasteiger partial charge in [0, 0.05) is 31.1 Å². The summed E-state index contributed by atoms with van der Waals surface area (Å²) in [6, 6.07) is 17.0. The Morgan fingerprint density at radius 2 is 1.75 bits per heavy atom. The van der Waals surface area contributed by atoms with Crippen molar-refractivity contribution < 1.29 is 22.7 Å². The Kier molecular flexibility index (Phi) is 12.1. The predicted octanol–water partition coefficient (Wildman–Crippen LogP) is 3.86. The molecule has 3 aromatic rings. The lowest BCUT2D eigenvalue weighted by atomic mass is 9.68. The number of nitrogens with one attached hydrogen (secondary N) is 4. The zero-order valence-electron chi connectivity index (χ0n) is 25.0. The summed E-state index contributed by atoms with van der Waals surface area (Å²) in [6.07, 6.45) is 4.44. The molecular weight excluding hydrogens is 606 g/mol. The topological polar surface area (TPSA) is 156 Å². The van der Waals surface area contributed by atoms with E-state index in [-0.39, 0.29) is 47.7 Å². The molecule has 1 aliphatic rings. The van der Waals surface area contributed by atoms with Gasteiger partial charge in [-0.15, -0.1) is 0 Å². The lowest BCUT2D eigenvalue weighted by molar-refractivity contribution is 0.0932. The maximum absolute atomic E-state index is 13.1. The first-order valence-corrected chi connectivity index (χ1v) is 16.6. The molecule has 4 N–H and O–H groups in total. The van der Waals surface area contributed by atoms with Gasteiger partial charge in [0.25, 0.3) is 16.1 Å². The number of rotatable bonds is 16. The number of benzene rings is 2. The highest BCUT2D eigenvalue weighted by Crippen LogP contribution is 2.39. The maximum Gasteiger partial charge on any atom is 0.322 e. The zero-order valence-corrected chi connectivity index (χ0v) is 26.6. The van der Waals surface area contributed by atoms with Gasteiger partial charge in [-0.3, -0.25) is 4.79 Å². The third kappa shape index (κ3) is 9.49. The van der Waals surface area contributed by atoms with Crippen LogP contribution >= 0.6 is 11.6 Å². The Bertz CT molecular complexity index is 1470. The van der Waals surface area contributed by atoms with Crippen molar-refractivity contribution in [1.82, 2.24) is 29.7 Å². The quantitative estimate of drug-likeness (QED) is 0.170. The molecule has 4 rings (SSSR count). The number of anilines is 1. The summed E-state index contributed by atoms with van der Waals surface area (Å²) in [5.74, 6) is 0.502. The number of nitrogens with zero attached hydrogens (tertiary/aromatic N) is 3. The van der Waals surface area contributed by atoms with Crippen LogP contribution in [-0.4, -0.2) is 68.7 Å². The number of halogens is 1. The fourth-order valence-electron chi connectivity index (χ4n) is 5.23. The molecule has 12 nitrogen and oxygen atoms in total. The summed E-state index contributed by atoms with van der Waals surface area (Å²) in [7, 11) is -2.23. The molecule has 1 aliphatic carbocycles. The Morgan fingerprint density at radius 3 is 2.48 bits per heavy atom. The van der Waals surface area contributed by atoms with Crippen LogP contribution in [0.3, 0.4) is 0 Å². The smallest absolute Gasteiger partial charge is 0.322 e. The second-order valence-corrected chi connectivity index (χ2v) is 12.5. The molecule has 0 atom stereocenters. The normalized spacial score (nSPS) is 18.4. The predicted molar refractivity (Wildman–Crippen MR) is 169 cm³/mol. The van der Waals surface area contributed by atoms with E-state index in [1.807, 2.05) is 31.2 Å². The molecule has 1 aromatic heterocycles. The average Bonchev–Trinajstić information content (AvgIpc) is 3.03. The number of carbonyl (C=O) groups excluding carboxylic acids is 1. The first-order valence-electron chi connectivity index (χ1n) is 14.8. The van der Waals surface area contributed by atoms with Crippen molar-refractivity contribution in [2.75, 3.05) is 38.7 Å². The van der Waals surface area contributed by atoms with Gasteiger partial charge in [-0.05, 0) is 61.4 Å². The van der Waals surface area contributed by atoms with Crippen molar-refractivity contribution in [3.63, 3.8) is 0 Å². The fourth-order valence-corrected chi connectivity index (χ4v) is 6.51. The van der Waals surface area contributed by atoms with E-state index in [1.165, 1.54) is 7.11 Å². The van der Waals surface area contributed by atoms with Gasteiger partial charge in [-0.25, -0.2) is 4.72 Å². The van der Waals surface area contributed by atoms with Crippen molar-refractivity contribution in [1.29, 1.82) is 0 Å². The summed E-state index contributed by atoms with van der Waals surface area (Å²) in [5.41, 5.74) is 1.26. The van der Waals surface area contributed by atoms with E-state index in [4.69, 9.17) is 21.1 Å². The van der Waals surface area contributed by atoms with E-state index in [1.54, 1.807) is 18.2 Å². The largest absolute Gasteiger partial charge is 0.496 e. The van der Waals surface area contributed by atoms with Crippen molar-refractivity contribution >= 4 is 33.7 Å². The van der Waals surface area contributed by atoms with E-state index in [9.17, 15) is 13.2 Å². The third-order valence-corrected chi connectivity index (χ3v) is 9.00. The monoisotopic (exact) mass is 645 g/mol. The molecule has 0 spiro atoms. The number of hydrogen-bond donors (Lipinski definition) is 4. The van der Waals surface area contributed by atoms with Crippen LogP contribution in [0, 0.1) is 0 Å². The highest BCUT2D eigenvalue weighted by atomic mass is 35.5. The summed E-state index contributed by atoms with van der Waals surface area (Å²) in [6.45, 7) is 3.26. The first kappa shape index (κ1) is 33.4. The van der Waals surface area contributed by atoms with Crippen molar-refractivity contribution in [2.45, 2.75) is 56.9 Å². The number of hydrogen-bond acceptors (Lipinski definition) is 9. The molecule has 44 heavy (non-hydrogen) atoms. The lowest BCUT2D eigenvalue weighted by Gasteiger charge is -2.41. The Hall–Kier alpha value is -3.52. The molecule has 1 saturated carbocycles. The number of aromatic nitrogens is 3. The van der Waals surface area contributed by atoms with Crippen molar-refractivity contribution in [2.24, 2.45) is 0 Å². The molecule has 1 amide bonds. The molecule has 238 valence electrons. The molecule has 14 heteroatoms.